The van der Waals surface area contributed by atoms with Crippen molar-refractivity contribution in [2.75, 3.05) is 0 Å². The van der Waals surface area contributed by atoms with Crippen molar-refractivity contribution in [2.24, 2.45) is 11.1 Å². The summed E-state index contributed by atoms with van der Waals surface area (Å²) >= 11 is 0. The highest BCUT2D eigenvalue weighted by molar-refractivity contribution is 7.87. The molecule has 0 N–H and O–H groups in total. The molecule has 0 aromatic rings. The predicted octanol–water partition coefficient (Wildman–Crippen LogP) is 2.31. The van der Waals surface area contributed by atoms with E-state index in [1.807, 2.05) is 6.07 Å². The quantitative estimate of drug-likeness (QED) is 0.588. The molecule has 1 aliphatic rings. The molecule has 1 unspecified atom stereocenters. The smallest absolute Gasteiger partial charge is 0.262 e. The molecule has 0 bridgehead atoms. The van der Waals surface area contributed by atoms with Crippen molar-refractivity contribution in [3.63, 3.8) is 0 Å². The van der Waals surface area contributed by atoms with Crippen molar-refractivity contribution < 1.29 is 25.9 Å². The van der Waals surface area contributed by atoms with Crippen LogP contribution in [0.2, 0.25) is 0 Å². The first-order valence-corrected chi connectivity index (χ1v) is 6.62. The van der Waals surface area contributed by atoms with Crippen molar-refractivity contribution in [2.45, 2.75) is 37.6 Å². The lowest BCUT2D eigenvalue weighted by Gasteiger charge is -2.20. The lowest BCUT2D eigenvalue weighted by Crippen LogP contribution is -2.26. The van der Waals surface area contributed by atoms with E-state index in [0.717, 1.165) is 6.42 Å². The number of rotatable bonds is 3. The fraction of sp³-hybridized carbons (Fsp3) is 0.778. The van der Waals surface area contributed by atoms with Gasteiger partial charge >= 0.3 is 15.6 Å². The van der Waals surface area contributed by atoms with E-state index >= 15 is 0 Å². The molecule has 5 nitrogen and oxygen atoms in total. The largest absolute Gasteiger partial charge is 0.536 e. The van der Waals surface area contributed by atoms with E-state index in [4.69, 9.17) is 5.26 Å². The molecule has 18 heavy (non-hydrogen) atoms. The van der Waals surface area contributed by atoms with Crippen LogP contribution >= 0.6 is 0 Å². The second kappa shape index (κ2) is 5.56. The van der Waals surface area contributed by atoms with Crippen LogP contribution < -0.4 is 0 Å². The summed E-state index contributed by atoms with van der Waals surface area (Å²) in [5, 5.41) is 11.6. The fourth-order valence-corrected chi connectivity index (χ4v) is 1.94. The van der Waals surface area contributed by atoms with Gasteiger partial charge in [0.05, 0.1) is 11.8 Å². The summed E-state index contributed by atoms with van der Waals surface area (Å²) in [7, 11) is -5.71. The Morgan fingerprint density at radius 1 is 1.44 bits per heavy atom. The van der Waals surface area contributed by atoms with Crippen LogP contribution in [0.25, 0.3) is 0 Å². The fourth-order valence-electron chi connectivity index (χ4n) is 1.66. The van der Waals surface area contributed by atoms with Gasteiger partial charge in [0.1, 0.15) is 0 Å². The van der Waals surface area contributed by atoms with Crippen molar-refractivity contribution >= 4 is 15.8 Å². The topological polar surface area (TPSA) is 79.5 Å². The molecule has 1 fully saturated rings. The van der Waals surface area contributed by atoms with E-state index < -0.39 is 15.6 Å². The second-order valence-corrected chi connectivity index (χ2v) is 5.38. The number of alkyl halides is 3. The highest BCUT2D eigenvalue weighted by atomic mass is 32.2. The van der Waals surface area contributed by atoms with Gasteiger partial charge in [-0.3, -0.25) is 4.28 Å². The normalized spacial score (nSPS) is 23.7. The third-order valence-electron chi connectivity index (χ3n) is 2.58. The standard InChI is InChI=1S/C9H11F3N2O3S/c10-9(11,12)18(15,16)17-14-8-4-2-1-3-7(8)5-6-13/h7H,1-5H2. The lowest BCUT2D eigenvalue weighted by molar-refractivity contribution is -0.0541. The molecular formula is C9H11F3N2O3S. The number of halogens is 3. The van der Waals surface area contributed by atoms with Gasteiger partial charge in [-0.25, -0.2) is 0 Å². The summed E-state index contributed by atoms with van der Waals surface area (Å²) < 4.78 is 60.9. The van der Waals surface area contributed by atoms with E-state index in [1.54, 1.807) is 0 Å². The first kappa shape index (κ1) is 14.8. The summed E-state index contributed by atoms with van der Waals surface area (Å²) in [5.74, 6) is -0.327. The minimum atomic E-state index is -5.71. The summed E-state index contributed by atoms with van der Waals surface area (Å²) in [4.78, 5) is 0. The molecule has 0 heterocycles. The van der Waals surface area contributed by atoms with Gasteiger partial charge in [0, 0.05) is 12.3 Å². The molecule has 0 spiro atoms. The minimum Gasteiger partial charge on any atom is -0.262 e. The van der Waals surface area contributed by atoms with Crippen LogP contribution in [0.5, 0.6) is 0 Å². The maximum absolute atomic E-state index is 12.0. The van der Waals surface area contributed by atoms with Crippen LogP contribution in [0.15, 0.2) is 5.16 Å². The van der Waals surface area contributed by atoms with Crippen LogP contribution in [-0.2, 0) is 14.4 Å². The summed E-state index contributed by atoms with van der Waals surface area (Å²) in [6.45, 7) is 0. The number of nitrogens with zero attached hydrogens (tertiary/aromatic N) is 2. The van der Waals surface area contributed by atoms with Crippen molar-refractivity contribution in [3.05, 3.63) is 0 Å². The van der Waals surface area contributed by atoms with Gasteiger partial charge in [0.15, 0.2) is 0 Å². The van der Waals surface area contributed by atoms with Gasteiger partial charge in [-0.1, -0.05) is 11.6 Å². The highest BCUT2D eigenvalue weighted by Crippen LogP contribution is 2.27. The average Bonchev–Trinajstić information content (AvgIpc) is 2.27. The van der Waals surface area contributed by atoms with Gasteiger partial charge in [0.2, 0.25) is 0 Å². The third kappa shape index (κ3) is 3.60. The average molecular weight is 284 g/mol. The van der Waals surface area contributed by atoms with Crippen molar-refractivity contribution in [1.82, 2.24) is 0 Å². The molecule has 0 radical (unpaired) electrons. The Bertz CT molecular complexity index is 464. The van der Waals surface area contributed by atoms with Crippen LogP contribution in [0.1, 0.15) is 32.1 Å². The molecule has 1 rings (SSSR count). The van der Waals surface area contributed by atoms with E-state index in [2.05, 4.69) is 9.44 Å². The van der Waals surface area contributed by atoms with E-state index in [1.165, 1.54) is 0 Å². The highest BCUT2D eigenvalue weighted by Gasteiger charge is 2.49. The Morgan fingerprint density at radius 2 is 2.11 bits per heavy atom. The van der Waals surface area contributed by atoms with Crippen LogP contribution in [0.3, 0.4) is 0 Å². The molecule has 9 heteroatoms. The first-order valence-electron chi connectivity index (χ1n) is 5.21. The van der Waals surface area contributed by atoms with Gasteiger partial charge in [-0.2, -0.15) is 26.9 Å². The number of nitriles is 1. The molecule has 0 aromatic heterocycles. The van der Waals surface area contributed by atoms with Crippen molar-refractivity contribution in [3.8, 4) is 6.07 Å². The predicted molar refractivity (Wildman–Crippen MR) is 55.7 cm³/mol. The second-order valence-electron chi connectivity index (χ2n) is 3.86. The zero-order valence-electron chi connectivity index (χ0n) is 9.27. The summed E-state index contributed by atoms with van der Waals surface area (Å²) in [6.07, 6.45) is 2.56. The van der Waals surface area contributed by atoms with Crippen LogP contribution in [0.4, 0.5) is 13.2 Å². The zero-order chi connectivity index (χ0) is 13.8. The van der Waals surface area contributed by atoms with Gasteiger partial charge in [-0.05, 0) is 19.3 Å². The Kier molecular flexibility index (Phi) is 4.56. The Hall–Kier alpha value is -1.30. The van der Waals surface area contributed by atoms with E-state index in [0.29, 0.717) is 19.3 Å². The molecule has 1 saturated carbocycles. The third-order valence-corrected chi connectivity index (χ3v) is 3.42. The van der Waals surface area contributed by atoms with Crippen LogP contribution in [0, 0.1) is 17.2 Å². The van der Waals surface area contributed by atoms with Crippen LogP contribution in [-0.4, -0.2) is 19.6 Å². The molecule has 0 amide bonds. The lowest BCUT2D eigenvalue weighted by atomic mass is 9.85. The number of oxime groups is 1. The molecule has 0 saturated heterocycles. The Morgan fingerprint density at radius 3 is 2.67 bits per heavy atom. The molecule has 0 aromatic carbocycles. The van der Waals surface area contributed by atoms with Gasteiger partial charge < -0.3 is 0 Å². The molecule has 1 atom stereocenters. The maximum Gasteiger partial charge on any atom is 0.536 e. The van der Waals surface area contributed by atoms with E-state index in [-0.39, 0.29) is 18.1 Å². The molecule has 102 valence electrons. The zero-order valence-corrected chi connectivity index (χ0v) is 10.1. The molecular weight excluding hydrogens is 273 g/mol. The maximum atomic E-state index is 12.0. The summed E-state index contributed by atoms with van der Waals surface area (Å²) in [6, 6.07) is 1.89. The SMILES string of the molecule is N#CCC1CCCCC1=NOS(=O)(=O)C(F)(F)F. The first-order chi connectivity index (χ1) is 8.28. The van der Waals surface area contributed by atoms with Gasteiger partial charge in [0.25, 0.3) is 0 Å². The number of hydrogen-bond donors (Lipinski definition) is 0. The monoisotopic (exact) mass is 284 g/mol. The van der Waals surface area contributed by atoms with E-state index in [9.17, 15) is 21.6 Å². The van der Waals surface area contributed by atoms with Crippen molar-refractivity contribution in [1.29, 1.82) is 5.26 Å². The Labute approximate surface area is 102 Å². The summed E-state index contributed by atoms with van der Waals surface area (Å²) in [5.41, 5.74) is -5.29. The minimum absolute atomic E-state index is 0.0915. The molecule has 1 aliphatic carbocycles. The van der Waals surface area contributed by atoms with Gasteiger partial charge in [-0.15, -0.1) is 0 Å². The number of hydrogen-bond acceptors (Lipinski definition) is 5. The molecule has 0 aliphatic heterocycles. The Balaban J connectivity index is 2.80.